The van der Waals surface area contributed by atoms with E-state index in [4.69, 9.17) is 14.2 Å². The molecule has 9 nitrogen and oxygen atoms in total. The SMILES string of the molecule is COc1ccc(CNC(=O)C(CSCC2CCCCC2)NC(=O)C2CSCN2C(=O)OC(C)(C)C)cc1OCc1ccccc1. The van der Waals surface area contributed by atoms with Crippen molar-refractivity contribution >= 4 is 41.4 Å². The number of thioether (sulfide) groups is 2. The molecule has 11 heteroatoms. The summed E-state index contributed by atoms with van der Waals surface area (Å²) in [5, 5.41) is 5.98. The maximum Gasteiger partial charge on any atom is 0.411 e. The first-order valence-corrected chi connectivity index (χ1v) is 18.0. The van der Waals surface area contributed by atoms with Crippen molar-refractivity contribution in [2.45, 2.75) is 83.7 Å². The second-order valence-electron chi connectivity index (χ2n) is 12.5. The van der Waals surface area contributed by atoms with Crippen LogP contribution in [-0.2, 0) is 27.5 Å². The van der Waals surface area contributed by atoms with Crippen LogP contribution < -0.4 is 20.1 Å². The van der Waals surface area contributed by atoms with Gasteiger partial charge in [0.25, 0.3) is 0 Å². The van der Waals surface area contributed by atoms with Crippen LogP contribution in [0.15, 0.2) is 48.5 Å². The van der Waals surface area contributed by atoms with E-state index in [9.17, 15) is 14.4 Å². The minimum atomic E-state index is -0.746. The Balaban J connectivity index is 1.40. The van der Waals surface area contributed by atoms with Gasteiger partial charge in [0.2, 0.25) is 11.8 Å². The molecule has 0 radical (unpaired) electrons. The van der Waals surface area contributed by atoms with Crippen LogP contribution in [0.5, 0.6) is 11.5 Å². The number of methoxy groups -OCH3 is 1. The molecule has 1 saturated heterocycles. The Morgan fingerprint density at radius 1 is 1.02 bits per heavy atom. The van der Waals surface area contributed by atoms with Crippen molar-refractivity contribution in [1.82, 2.24) is 15.5 Å². The van der Waals surface area contributed by atoms with E-state index in [0.717, 1.165) is 16.9 Å². The Bertz CT molecular complexity index is 1270. The molecule has 2 unspecified atom stereocenters. The highest BCUT2D eigenvalue weighted by molar-refractivity contribution is 7.99. The summed E-state index contributed by atoms with van der Waals surface area (Å²) in [6.45, 7) is 6.05. The summed E-state index contributed by atoms with van der Waals surface area (Å²) in [5.41, 5.74) is 1.21. The lowest BCUT2D eigenvalue weighted by molar-refractivity contribution is -0.130. The van der Waals surface area contributed by atoms with Crippen LogP contribution in [-0.4, -0.2) is 70.7 Å². The second-order valence-corrected chi connectivity index (χ2v) is 14.6. The van der Waals surface area contributed by atoms with E-state index < -0.39 is 23.8 Å². The maximum absolute atomic E-state index is 13.6. The van der Waals surface area contributed by atoms with Crippen LogP contribution in [0, 0.1) is 5.92 Å². The molecule has 2 aromatic rings. The minimum Gasteiger partial charge on any atom is -0.493 e. The molecule has 0 aromatic heterocycles. The highest BCUT2D eigenvalue weighted by atomic mass is 32.2. The molecule has 1 aliphatic carbocycles. The van der Waals surface area contributed by atoms with E-state index in [-0.39, 0.29) is 18.4 Å². The number of nitrogens with one attached hydrogen (secondary N) is 2. The van der Waals surface area contributed by atoms with E-state index in [2.05, 4.69) is 10.6 Å². The van der Waals surface area contributed by atoms with Crippen molar-refractivity contribution in [3.8, 4) is 11.5 Å². The number of carbonyl (C=O) groups excluding carboxylic acids is 3. The molecular weight excluding hydrogens is 611 g/mol. The van der Waals surface area contributed by atoms with Gasteiger partial charge in [0.15, 0.2) is 11.5 Å². The molecule has 1 aliphatic heterocycles. The van der Waals surface area contributed by atoms with Gasteiger partial charge >= 0.3 is 6.09 Å². The summed E-state index contributed by atoms with van der Waals surface area (Å²) in [7, 11) is 1.59. The lowest BCUT2D eigenvalue weighted by Crippen LogP contribution is -2.55. The number of nitrogens with zero attached hydrogens (tertiary/aromatic N) is 1. The number of carbonyl (C=O) groups is 3. The molecule has 2 aromatic carbocycles. The lowest BCUT2D eigenvalue weighted by Gasteiger charge is -2.28. The van der Waals surface area contributed by atoms with E-state index >= 15 is 0 Å². The number of rotatable bonds is 13. The average molecular weight is 658 g/mol. The van der Waals surface area contributed by atoms with E-state index in [1.807, 2.05) is 48.5 Å². The van der Waals surface area contributed by atoms with Crippen LogP contribution in [0.25, 0.3) is 0 Å². The standard InChI is InChI=1S/C34H47N3O6S2/c1-34(2,3)43-33(40)37-23-45-22-28(37)32(39)36-27(21-44-20-25-13-9-6-10-14-25)31(38)35-18-26-15-16-29(41-4)30(17-26)42-19-24-11-7-5-8-12-24/h5,7-8,11-12,15-17,25,27-28H,6,9-10,13-14,18-23H2,1-4H3,(H,35,38)(H,36,39). The number of hydrogen-bond donors (Lipinski definition) is 2. The van der Waals surface area contributed by atoms with E-state index in [0.29, 0.717) is 41.4 Å². The number of benzene rings is 2. The van der Waals surface area contributed by atoms with Gasteiger partial charge in [0, 0.05) is 18.1 Å². The van der Waals surface area contributed by atoms with Crippen LogP contribution >= 0.6 is 23.5 Å². The first kappa shape index (κ1) is 34.8. The highest BCUT2D eigenvalue weighted by Gasteiger charge is 2.38. The Morgan fingerprint density at radius 2 is 1.78 bits per heavy atom. The third-order valence-electron chi connectivity index (χ3n) is 7.74. The largest absolute Gasteiger partial charge is 0.493 e. The first-order valence-electron chi connectivity index (χ1n) is 15.7. The Labute approximate surface area is 275 Å². The quantitative estimate of drug-likeness (QED) is 0.270. The number of hydrogen-bond acceptors (Lipinski definition) is 8. The molecule has 2 aliphatic rings. The number of amides is 3. The molecular formula is C34H47N3O6S2. The lowest BCUT2D eigenvalue weighted by atomic mass is 9.91. The van der Waals surface area contributed by atoms with Gasteiger partial charge in [-0.1, -0.05) is 55.7 Å². The second kappa shape index (κ2) is 17.0. The Hall–Kier alpha value is -3.05. The van der Waals surface area contributed by atoms with Gasteiger partial charge < -0.3 is 24.8 Å². The van der Waals surface area contributed by atoms with E-state index in [1.54, 1.807) is 39.6 Å². The van der Waals surface area contributed by atoms with Gasteiger partial charge in [0.05, 0.1) is 13.0 Å². The fourth-order valence-electron chi connectivity index (χ4n) is 5.31. The monoisotopic (exact) mass is 657 g/mol. The highest BCUT2D eigenvalue weighted by Crippen LogP contribution is 2.30. The maximum atomic E-state index is 13.6. The molecule has 0 bridgehead atoms. The van der Waals surface area contributed by atoms with Crippen molar-refractivity contribution in [2.24, 2.45) is 5.92 Å². The van der Waals surface area contributed by atoms with E-state index in [1.165, 1.54) is 48.8 Å². The fourth-order valence-corrected chi connectivity index (χ4v) is 7.72. The zero-order valence-electron chi connectivity index (χ0n) is 26.8. The van der Waals surface area contributed by atoms with Crippen LogP contribution in [0.2, 0.25) is 0 Å². The smallest absolute Gasteiger partial charge is 0.411 e. The molecule has 1 heterocycles. The third-order valence-corrected chi connectivity index (χ3v) is 10.0. The van der Waals surface area contributed by atoms with Gasteiger partial charge in [-0.15, -0.1) is 11.8 Å². The molecule has 1 saturated carbocycles. The molecule has 45 heavy (non-hydrogen) atoms. The van der Waals surface area contributed by atoms with Crippen molar-refractivity contribution in [3.63, 3.8) is 0 Å². The van der Waals surface area contributed by atoms with Crippen molar-refractivity contribution in [1.29, 1.82) is 0 Å². The summed E-state index contributed by atoms with van der Waals surface area (Å²) in [4.78, 5) is 41.3. The molecule has 246 valence electrons. The minimum absolute atomic E-state index is 0.257. The average Bonchev–Trinajstić information content (AvgIpc) is 3.53. The summed E-state index contributed by atoms with van der Waals surface area (Å²) in [6, 6.07) is 14.0. The Kier molecular flexibility index (Phi) is 13.2. The normalized spacial score (nSPS) is 17.8. The van der Waals surface area contributed by atoms with Gasteiger partial charge in [-0.25, -0.2) is 4.79 Å². The summed E-state index contributed by atoms with van der Waals surface area (Å²) >= 11 is 3.20. The molecule has 2 fully saturated rings. The molecule has 2 atom stereocenters. The van der Waals surface area contributed by atoms with Crippen molar-refractivity contribution in [3.05, 3.63) is 59.7 Å². The van der Waals surface area contributed by atoms with Crippen LogP contribution in [0.1, 0.15) is 64.0 Å². The zero-order valence-corrected chi connectivity index (χ0v) is 28.5. The predicted octanol–water partition coefficient (Wildman–Crippen LogP) is 6.00. The van der Waals surface area contributed by atoms with Crippen molar-refractivity contribution < 1.29 is 28.6 Å². The number of ether oxygens (including phenoxy) is 3. The van der Waals surface area contributed by atoms with Crippen LogP contribution in [0.4, 0.5) is 4.79 Å². The summed E-state index contributed by atoms with van der Waals surface area (Å²) < 4.78 is 17.1. The third kappa shape index (κ3) is 11.1. The van der Waals surface area contributed by atoms with Crippen LogP contribution in [0.3, 0.4) is 0 Å². The first-order chi connectivity index (χ1) is 21.6. The van der Waals surface area contributed by atoms with Gasteiger partial charge in [-0.3, -0.25) is 14.5 Å². The summed E-state index contributed by atoms with van der Waals surface area (Å²) in [6.07, 6.45) is 5.71. The summed E-state index contributed by atoms with van der Waals surface area (Å²) in [5.74, 6) is 3.46. The molecule has 2 N–H and O–H groups in total. The zero-order chi connectivity index (χ0) is 32.2. The van der Waals surface area contributed by atoms with Gasteiger partial charge in [-0.05, 0) is 68.5 Å². The molecule has 0 spiro atoms. The topological polar surface area (TPSA) is 106 Å². The van der Waals surface area contributed by atoms with Gasteiger partial charge in [0.1, 0.15) is 24.3 Å². The molecule has 3 amide bonds. The van der Waals surface area contributed by atoms with Crippen molar-refractivity contribution in [2.75, 3.05) is 30.2 Å². The predicted molar refractivity (Wildman–Crippen MR) is 181 cm³/mol. The van der Waals surface area contributed by atoms with Gasteiger partial charge in [-0.2, -0.15) is 11.8 Å². The fraction of sp³-hybridized carbons (Fsp3) is 0.559. The Morgan fingerprint density at radius 3 is 2.49 bits per heavy atom. The molecule has 4 rings (SSSR count).